The third-order valence-corrected chi connectivity index (χ3v) is 3.23. The van der Waals surface area contributed by atoms with Gasteiger partial charge in [0.2, 0.25) is 0 Å². The highest BCUT2D eigenvalue weighted by atomic mass is 35.5. The Labute approximate surface area is 126 Å². The highest BCUT2D eigenvalue weighted by Crippen LogP contribution is 2.28. The molecule has 0 heterocycles. The van der Waals surface area contributed by atoms with Crippen molar-refractivity contribution in [3.8, 4) is 5.75 Å². The predicted octanol–water partition coefficient (Wildman–Crippen LogP) is 3.58. The van der Waals surface area contributed by atoms with E-state index in [9.17, 15) is 14.3 Å². The number of halogens is 2. The van der Waals surface area contributed by atoms with Gasteiger partial charge in [-0.05, 0) is 24.3 Å². The molecule has 2 aromatic carbocycles. The van der Waals surface area contributed by atoms with Gasteiger partial charge in [-0.1, -0.05) is 23.7 Å². The van der Waals surface area contributed by atoms with Crippen molar-refractivity contribution in [3.63, 3.8) is 0 Å². The maximum atomic E-state index is 13.3. The van der Waals surface area contributed by atoms with Gasteiger partial charge in [-0.25, -0.2) is 9.18 Å². The molecule has 2 aromatic rings. The first kappa shape index (κ1) is 15.1. The fourth-order valence-corrected chi connectivity index (χ4v) is 2.04. The largest absolute Gasteiger partial charge is 0.506 e. The lowest BCUT2D eigenvalue weighted by molar-refractivity contribution is 0.0602. The van der Waals surface area contributed by atoms with Crippen LogP contribution in [0.1, 0.15) is 15.9 Å². The average Bonchev–Trinajstić information content (AvgIpc) is 2.48. The predicted molar refractivity (Wildman–Crippen MR) is 78.2 cm³/mol. The minimum atomic E-state index is -0.576. The summed E-state index contributed by atoms with van der Waals surface area (Å²) in [6.07, 6.45) is 0. The smallest absolute Gasteiger partial charge is 0.339 e. The molecule has 21 heavy (non-hydrogen) atoms. The molecule has 0 aliphatic carbocycles. The number of nitrogens with one attached hydrogen (secondary N) is 1. The number of anilines is 1. The van der Waals surface area contributed by atoms with E-state index in [1.807, 2.05) is 0 Å². The lowest BCUT2D eigenvalue weighted by Gasteiger charge is -2.12. The van der Waals surface area contributed by atoms with Crippen molar-refractivity contribution in [2.45, 2.75) is 6.54 Å². The van der Waals surface area contributed by atoms with Gasteiger partial charge in [-0.2, -0.15) is 0 Å². The van der Waals surface area contributed by atoms with Crippen LogP contribution in [0.3, 0.4) is 0 Å². The van der Waals surface area contributed by atoms with Crippen molar-refractivity contribution in [1.29, 1.82) is 0 Å². The number of phenolic OH excluding ortho intramolecular Hbond substituents is 1. The lowest BCUT2D eigenvalue weighted by atomic mass is 10.1. The Morgan fingerprint density at radius 1 is 1.38 bits per heavy atom. The van der Waals surface area contributed by atoms with Crippen LogP contribution in [0.25, 0.3) is 0 Å². The Bertz CT molecular complexity index is 676. The zero-order chi connectivity index (χ0) is 15.4. The Kier molecular flexibility index (Phi) is 4.65. The molecule has 0 aliphatic rings. The number of benzene rings is 2. The highest BCUT2D eigenvalue weighted by Gasteiger charge is 2.13. The second kappa shape index (κ2) is 6.45. The monoisotopic (exact) mass is 309 g/mol. The number of para-hydroxylation sites is 1. The van der Waals surface area contributed by atoms with Crippen LogP contribution in [0.15, 0.2) is 36.4 Å². The Balaban J connectivity index is 2.25. The van der Waals surface area contributed by atoms with Crippen LogP contribution in [-0.2, 0) is 11.3 Å². The molecule has 0 aromatic heterocycles. The van der Waals surface area contributed by atoms with E-state index in [-0.39, 0.29) is 28.6 Å². The van der Waals surface area contributed by atoms with E-state index in [1.165, 1.54) is 25.3 Å². The summed E-state index contributed by atoms with van der Waals surface area (Å²) >= 11 is 5.81. The number of esters is 1. The zero-order valence-electron chi connectivity index (χ0n) is 11.2. The molecule has 0 saturated carbocycles. The Morgan fingerprint density at radius 3 is 2.86 bits per heavy atom. The number of methoxy groups -OCH3 is 1. The molecule has 6 heteroatoms. The van der Waals surface area contributed by atoms with Gasteiger partial charge in [-0.15, -0.1) is 0 Å². The summed E-state index contributed by atoms with van der Waals surface area (Å²) in [6, 6.07) is 8.61. The van der Waals surface area contributed by atoms with Crippen molar-refractivity contribution < 1.29 is 19.0 Å². The van der Waals surface area contributed by atoms with E-state index in [1.54, 1.807) is 18.2 Å². The second-order valence-corrected chi connectivity index (χ2v) is 4.69. The van der Waals surface area contributed by atoms with Crippen LogP contribution in [0.2, 0.25) is 5.02 Å². The quantitative estimate of drug-likeness (QED) is 0.848. The van der Waals surface area contributed by atoms with Crippen molar-refractivity contribution in [1.82, 2.24) is 0 Å². The Morgan fingerprint density at radius 2 is 2.14 bits per heavy atom. The summed E-state index contributed by atoms with van der Waals surface area (Å²) in [4.78, 5) is 11.6. The molecule has 0 aliphatic heterocycles. The summed E-state index contributed by atoms with van der Waals surface area (Å²) in [6.45, 7) is 0.180. The van der Waals surface area contributed by atoms with E-state index in [2.05, 4.69) is 10.1 Å². The van der Waals surface area contributed by atoms with Gasteiger partial charge in [-0.3, -0.25) is 0 Å². The molecule has 0 fully saturated rings. The number of carbonyl (C=O) groups is 1. The molecule has 0 atom stereocenters. The van der Waals surface area contributed by atoms with E-state index in [0.717, 1.165) is 0 Å². The molecular formula is C15H13ClFNO3. The van der Waals surface area contributed by atoms with E-state index in [0.29, 0.717) is 5.56 Å². The number of phenols is 1. The molecule has 4 nitrogen and oxygen atoms in total. The third-order valence-electron chi connectivity index (χ3n) is 2.93. The van der Waals surface area contributed by atoms with Gasteiger partial charge in [0.15, 0.2) is 0 Å². The van der Waals surface area contributed by atoms with Crippen molar-refractivity contribution in [2.24, 2.45) is 0 Å². The van der Waals surface area contributed by atoms with Gasteiger partial charge in [0, 0.05) is 12.1 Å². The Hall–Kier alpha value is -2.27. The molecule has 2 N–H and O–H groups in total. The molecule has 0 bridgehead atoms. The summed E-state index contributed by atoms with van der Waals surface area (Å²) in [7, 11) is 1.25. The SMILES string of the molecule is COC(=O)c1ccc(F)cc1NCc1cccc(Cl)c1O. The first-order valence-corrected chi connectivity index (χ1v) is 6.49. The molecule has 0 saturated heterocycles. The normalized spacial score (nSPS) is 10.2. The average molecular weight is 310 g/mol. The second-order valence-electron chi connectivity index (χ2n) is 4.28. The molecule has 0 spiro atoms. The van der Waals surface area contributed by atoms with Gasteiger partial charge < -0.3 is 15.2 Å². The summed E-state index contributed by atoms with van der Waals surface area (Å²) < 4.78 is 18.0. The van der Waals surface area contributed by atoms with Crippen molar-refractivity contribution in [3.05, 3.63) is 58.4 Å². The van der Waals surface area contributed by atoms with Crippen molar-refractivity contribution in [2.75, 3.05) is 12.4 Å². The lowest BCUT2D eigenvalue weighted by Crippen LogP contribution is -2.09. The van der Waals surface area contributed by atoms with E-state index in [4.69, 9.17) is 11.6 Å². The number of aromatic hydroxyl groups is 1. The number of ether oxygens (including phenoxy) is 1. The van der Waals surface area contributed by atoms with Gasteiger partial charge in [0.1, 0.15) is 11.6 Å². The molecule has 0 unspecified atom stereocenters. The van der Waals surface area contributed by atoms with Crippen LogP contribution in [0.4, 0.5) is 10.1 Å². The maximum absolute atomic E-state index is 13.3. The maximum Gasteiger partial charge on any atom is 0.339 e. The molecule has 2 rings (SSSR count). The fraction of sp³-hybridized carbons (Fsp3) is 0.133. The van der Waals surface area contributed by atoms with Crippen LogP contribution in [0, 0.1) is 5.82 Å². The molecule has 0 amide bonds. The van der Waals surface area contributed by atoms with E-state index >= 15 is 0 Å². The number of carbonyl (C=O) groups excluding carboxylic acids is 1. The van der Waals surface area contributed by atoms with Crippen LogP contribution in [-0.4, -0.2) is 18.2 Å². The minimum Gasteiger partial charge on any atom is -0.506 e. The van der Waals surface area contributed by atoms with E-state index < -0.39 is 11.8 Å². The highest BCUT2D eigenvalue weighted by molar-refractivity contribution is 6.32. The fourth-order valence-electron chi connectivity index (χ4n) is 1.84. The number of rotatable bonds is 4. The molecule has 0 radical (unpaired) electrons. The zero-order valence-corrected chi connectivity index (χ0v) is 11.9. The van der Waals surface area contributed by atoms with Gasteiger partial charge in [0.05, 0.1) is 23.4 Å². The molecule has 110 valence electrons. The first-order valence-electron chi connectivity index (χ1n) is 6.11. The standard InChI is InChI=1S/C15H13ClFNO3/c1-21-15(20)11-6-5-10(17)7-13(11)18-8-9-3-2-4-12(16)14(9)19/h2-7,18-19H,8H2,1H3. The van der Waals surface area contributed by atoms with Crippen molar-refractivity contribution >= 4 is 23.3 Å². The summed E-state index contributed by atoms with van der Waals surface area (Å²) in [5, 5.41) is 12.9. The van der Waals surface area contributed by atoms with Gasteiger partial charge in [0.25, 0.3) is 0 Å². The van der Waals surface area contributed by atoms with Crippen LogP contribution in [0.5, 0.6) is 5.75 Å². The summed E-state index contributed by atoms with van der Waals surface area (Å²) in [5.41, 5.74) is 1.02. The topological polar surface area (TPSA) is 58.6 Å². The van der Waals surface area contributed by atoms with Gasteiger partial charge >= 0.3 is 5.97 Å². The first-order chi connectivity index (χ1) is 10.0. The third kappa shape index (κ3) is 3.44. The minimum absolute atomic E-state index is 0.0531. The van der Waals surface area contributed by atoms with Crippen LogP contribution < -0.4 is 5.32 Å². The van der Waals surface area contributed by atoms with Crippen LogP contribution >= 0.6 is 11.6 Å². The molecular weight excluding hydrogens is 297 g/mol. The number of hydrogen-bond donors (Lipinski definition) is 2. The summed E-state index contributed by atoms with van der Waals surface area (Å²) in [5.74, 6) is -1.11. The number of hydrogen-bond acceptors (Lipinski definition) is 4.